The zero-order valence-electron chi connectivity index (χ0n) is 15.6. The van der Waals surface area contributed by atoms with Crippen molar-refractivity contribution >= 4 is 11.6 Å². The molecule has 0 aromatic heterocycles. The highest BCUT2D eigenvalue weighted by molar-refractivity contribution is 5.94. The lowest BCUT2D eigenvalue weighted by Gasteiger charge is -2.33. The van der Waals surface area contributed by atoms with E-state index in [1.807, 2.05) is 48.2 Å². The first-order valence-electron chi connectivity index (χ1n) is 9.07. The summed E-state index contributed by atoms with van der Waals surface area (Å²) < 4.78 is 0. The molecule has 26 heavy (non-hydrogen) atoms. The molecule has 1 saturated heterocycles. The zero-order chi connectivity index (χ0) is 18.5. The van der Waals surface area contributed by atoms with Crippen molar-refractivity contribution in [3.8, 4) is 5.75 Å². The standard InChI is InChI=1S/C21H27N3O2/c1-17-3-7-19(8-4-17)24(15-18-5-9-20(25)10-6-18)21(26)16-23-13-11-22(2)12-14-23/h3-10,25H,11-16H2,1-2H3. The summed E-state index contributed by atoms with van der Waals surface area (Å²) in [6.45, 7) is 6.80. The van der Waals surface area contributed by atoms with E-state index >= 15 is 0 Å². The normalized spacial score (nSPS) is 15.8. The number of carbonyl (C=O) groups excluding carboxylic acids is 1. The number of carbonyl (C=O) groups is 1. The van der Waals surface area contributed by atoms with Gasteiger partial charge >= 0.3 is 0 Å². The molecule has 138 valence electrons. The number of phenols is 1. The van der Waals surface area contributed by atoms with Crippen molar-refractivity contribution in [2.75, 3.05) is 44.7 Å². The molecular weight excluding hydrogens is 326 g/mol. The Hall–Kier alpha value is -2.37. The highest BCUT2D eigenvalue weighted by atomic mass is 16.3. The predicted molar refractivity (Wildman–Crippen MR) is 104 cm³/mol. The molecule has 0 spiro atoms. The molecule has 0 atom stereocenters. The average molecular weight is 353 g/mol. The van der Waals surface area contributed by atoms with Crippen molar-refractivity contribution in [2.24, 2.45) is 0 Å². The summed E-state index contributed by atoms with van der Waals surface area (Å²) in [7, 11) is 2.11. The smallest absolute Gasteiger partial charge is 0.241 e. The molecule has 0 unspecified atom stereocenters. The van der Waals surface area contributed by atoms with Crippen molar-refractivity contribution in [3.63, 3.8) is 0 Å². The van der Waals surface area contributed by atoms with E-state index < -0.39 is 0 Å². The maximum atomic E-state index is 13.1. The van der Waals surface area contributed by atoms with Gasteiger partial charge in [-0.3, -0.25) is 9.69 Å². The first-order chi connectivity index (χ1) is 12.5. The summed E-state index contributed by atoms with van der Waals surface area (Å²) >= 11 is 0. The molecule has 2 aromatic rings. The number of phenolic OH excluding ortho intramolecular Hbond substituents is 1. The quantitative estimate of drug-likeness (QED) is 0.897. The van der Waals surface area contributed by atoms with Crippen LogP contribution in [0, 0.1) is 6.92 Å². The Bertz CT molecular complexity index is 720. The number of hydrogen-bond acceptors (Lipinski definition) is 4. The first-order valence-corrected chi connectivity index (χ1v) is 9.07. The van der Waals surface area contributed by atoms with Crippen molar-refractivity contribution < 1.29 is 9.90 Å². The fourth-order valence-electron chi connectivity index (χ4n) is 3.11. The van der Waals surface area contributed by atoms with E-state index in [1.165, 1.54) is 5.56 Å². The second-order valence-corrected chi connectivity index (χ2v) is 7.06. The number of nitrogens with zero attached hydrogens (tertiary/aromatic N) is 3. The lowest BCUT2D eigenvalue weighted by atomic mass is 10.1. The Balaban J connectivity index is 1.76. The summed E-state index contributed by atoms with van der Waals surface area (Å²) in [5, 5.41) is 9.49. The van der Waals surface area contributed by atoms with Gasteiger partial charge in [0.2, 0.25) is 5.91 Å². The third-order valence-electron chi connectivity index (χ3n) is 4.88. The van der Waals surface area contributed by atoms with Crippen LogP contribution in [0.1, 0.15) is 11.1 Å². The third kappa shape index (κ3) is 4.84. The van der Waals surface area contributed by atoms with Gasteiger partial charge in [-0.15, -0.1) is 0 Å². The number of likely N-dealkylation sites (N-methyl/N-ethyl adjacent to an activating group) is 1. The van der Waals surface area contributed by atoms with Crippen molar-refractivity contribution in [3.05, 3.63) is 59.7 Å². The van der Waals surface area contributed by atoms with Crippen molar-refractivity contribution in [1.82, 2.24) is 9.80 Å². The van der Waals surface area contributed by atoms with Gasteiger partial charge in [-0.2, -0.15) is 0 Å². The second-order valence-electron chi connectivity index (χ2n) is 7.06. The number of aromatic hydroxyl groups is 1. The Morgan fingerprint density at radius 3 is 2.23 bits per heavy atom. The lowest BCUT2D eigenvalue weighted by molar-refractivity contribution is -0.120. The molecule has 1 fully saturated rings. The Morgan fingerprint density at radius 1 is 1.00 bits per heavy atom. The monoisotopic (exact) mass is 353 g/mol. The van der Waals surface area contributed by atoms with Crippen LogP contribution in [-0.2, 0) is 11.3 Å². The molecule has 0 bridgehead atoms. The van der Waals surface area contributed by atoms with Crippen molar-refractivity contribution in [1.29, 1.82) is 0 Å². The Labute approximate surface area is 155 Å². The minimum absolute atomic E-state index is 0.103. The average Bonchev–Trinajstić information content (AvgIpc) is 2.64. The molecule has 1 aliphatic rings. The maximum absolute atomic E-state index is 13.1. The summed E-state index contributed by atoms with van der Waals surface area (Å²) in [6.07, 6.45) is 0. The molecule has 1 heterocycles. The highest BCUT2D eigenvalue weighted by Gasteiger charge is 2.22. The molecule has 0 saturated carbocycles. The lowest BCUT2D eigenvalue weighted by Crippen LogP contribution is -2.48. The molecular formula is C21H27N3O2. The van der Waals surface area contributed by atoms with Gasteiger partial charge in [0.1, 0.15) is 5.75 Å². The van der Waals surface area contributed by atoms with E-state index in [2.05, 4.69) is 16.8 Å². The molecule has 0 radical (unpaired) electrons. The van der Waals surface area contributed by atoms with Crippen molar-refractivity contribution in [2.45, 2.75) is 13.5 Å². The topological polar surface area (TPSA) is 47.0 Å². The van der Waals surface area contributed by atoms with Gasteiger partial charge in [-0.05, 0) is 43.8 Å². The van der Waals surface area contributed by atoms with E-state index in [0.29, 0.717) is 13.1 Å². The van der Waals surface area contributed by atoms with E-state index in [9.17, 15) is 9.90 Å². The van der Waals surface area contributed by atoms with Gasteiger partial charge in [0.15, 0.2) is 0 Å². The number of rotatable bonds is 5. The Morgan fingerprint density at radius 2 is 1.62 bits per heavy atom. The van der Waals surface area contributed by atoms with Crippen LogP contribution in [0.3, 0.4) is 0 Å². The van der Waals surface area contributed by atoms with Gasteiger partial charge in [-0.1, -0.05) is 29.8 Å². The van der Waals surface area contributed by atoms with Crippen LogP contribution in [-0.4, -0.2) is 60.6 Å². The molecule has 1 aliphatic heterocycles. The fourth-order valence-corrected chi connectivity index (χ4v) is 3.11. The van der Waals surface area contributed by atoms with E-state index in [-0.39, 0.29) is 11.7 Å². The van der Waals surface area contributed by atoms with Crippen LogP contribution in [0.2, 0.25) is 0 Å². The summed E-state index contributed by atoms with van der Waals surface area (Å²) in [6, 6.07) is 15.1. The van der Waals surface area contributed by atoms with E-state index in [0.717, 1.165) is 37.4 Å². The number of anilines is 1. The zero-order valence-corrected chi connectivity index (χ0v) is 15.6. The van der Waals surface area contributed by atoms with Gasteiger partial charge < -0.3 is 14.9 Å². The number of benzene rings is 2. The maximum Gasteiger partial charge on any atom is 0.241 e. The molecule has 0 aliphatic carbocycles. The number of aryl methyl sites for hydroxylation is 1. The van der Waals surface area contributed by atoms with Gasteiger partial charge in [0, 0.05) is 31.9 Å². The molecule has 1 amide bonds. The fraction of sp³-hybridized carbons (Fsp3) is 0.381. The first kappa shape index (κ1) is 18.4. The number of hydrogen-bond donors (Lipinski definition) is 1. The van der Waals surface area contributed by atoms with E-state index in [4.69, 9.17) is 0 Å². The number of amides is 1. The van der Waals surface area contributed by atoms with Crippen LogP contribution in [0.5, 0.6) is 5.75 Å². The molecule has 5 heteroatoms. The van der Waals surface area contributed by atoms with Gasteiger partial charge in [-0.25, -0.2) is 0 Å². The van der Waals surface area contributed by atoms with Gasteiger partial charge in [0.25, 0.3) is 0 Å². The van der Waals surface area contributed by atoms with Crippen LogP contribution in [0.25, 0.3) is 0 Å². The number of piperazine rings is 1. The minimum atomic E-state index is 0.103. The largest absolute Gasteiger partial charge is 0.508 e. The highest BCUT2D eigenvalue weighted by Crippen LogP contribution is 2.20. The van der Waals surface area contributed by atoms with Crippen LogP contribution in [0.4, 0.5) is 5.69 Å². The van der Waals surface area contributed by atoms with Crippen LogP contribution < -0.4 is 4.90 Å². The Kier molecular flexibility index (Phi) is 5.91. The predicted octanol–water partition coefficient (Wildman–Crippen LogP) is 2.48. The van der Waals surface area contributed by atoms with Crippen LogP contribution in [0.15, 0.2) is 48.5 Å². The van der Waals surface area contributed by atoms with Crippen LogP contribution >= 0.6 is 0 Å². The summed E-state index contributed by atoms with van der Waals surface area (Å²) in [4.78, 5) is 19.4. The minimum Gasteiger partial charge on any atom is -0.508 e. The third-order valence-corrected chi connectivity index (χ3v) is 4.88. The second kappa shape index (κ2) is 8.34. The molecule has 3 rings (SSSR count). The molecule has 2 aromatic carbocycles. The summed E-state index contributed by atoms with van der Waals surface area (Å²) in [5.41, 5.74) is 3.07. The van der Waals surface area contributed by atoms with Gasteiger partial charge in [0.05, 0.1) is 13.1 Å². The van der Waals surface area contributed by atoms with E-state index in [1.54, 1.807) is 12.1 Å². The molecule has 5 nitrogen and oxygen atoms in total. The SMILES string of the molecule is Cc1ccc(N(Cc2ccc(O)cc2)C(=O)CN2CCN(C)CC2)cc1. The molecule has 1 N–H and O–H groups in total. The summed E-state index contributed by atoms with van der Waals surface area (Å²) in [5.74, 6) is 0.339.